The molecule has 0 aliphatic carbocycles. The molecule has 2 fully saturated rings. The molecule has 0 bridgehead atoms. The molecule has 0 aromatic carbocycles. The summed E-state index contributed by atoms with van der Waals surface area (Å²) in [5.74, 6) is 1.10. The molecule has 0 aromatic rings. The summed E-state index contributed by atoms with van der Waals surface area (Å²) in [5, 5.41) is 3.35. The zero-order valence-electron chi connectivity index (χ0n) is 15.1. The quantitative estimate of drug-likeness (QED) is 0.420. The van der Waals surface area contributed by atoms with Gasteiger partial charge in [0.05, 0.1) is 0 Å². The standard InChI is InChI=1S/C17H32N4O3/c1-3-18-17(19-8-6-13-23-4-2)21-11-9-20(10-12-21)16(22)15-7-5-14-24-15/h15H,3-14H2,1-2H3,(H,18,19). The van der Waals surface area contributed by atoms with E-state index in [4.69, 9.17) is 9.47 Å². The highest BCUT2D eigenvalue weighted by Gasteiger charge is 2.30. The molecule has 0 aromatic heterocycles. The van der Waals surface area contributed by atoms with E-state index in [1.165, 1.54) is 0 Å². The molecule has 2 heterocycles. The van der Waals surface area contributed by atoms with Gasteiger partial charge >= 0.3 is 0 Å². The molecular weight excluding hydrogens is 308 g/mol. The number of ether oxygens (including phenoxy) is 2. The Hall–Kier alpha value is -1.34. The smallest absolute Gasteiger partial charge is 0.251 e. The largest absolute Gasteiger partial charge is 0.382 e. The number of hydrogen-bond acceptors (Lipinski definition) is 4. The van der Waals surface area contributed by atoms with Gasteiger partial charge in [-0.2, -0.15) is 0 Å². The number of guanidine groups is 1. The van der Waals surface area contributed by atoms with Crippen LogP contribution in [0.25, 0.3) is 0 Å². The number of rotatable bonds is 7. The molecular formula is C17H32N4O3. The summed E-state index contributed by atoms with van der Waals surface area (Å²) in [6.07, 6.45) is 2.58. The Bertz CT molecular complexity index is 403. The number of aliphatic imine (C=N–C) groups is 1. The highest BCUT2D eigenvalue weighted by molar-refractivity contribution is 5.82. The van der Waals surface area contributed by atoms with Crippen molar-refractivity contribution >= 4 is 11.9 Å². The Balaban J connectivity index is 1.78. The van der Waals surface area contributed by atoms with E-state index in [1.54, 1.807) is 0 Å². The molecule has 2 rings (SSSR count). The fourth-order valence-corrected chi connectivity index (χ4v) is 3.04. The van der Waals surface area contributed by atoms with E-state index < -0.39 is 0 Å². The Kier molecular flexibility index (Phi) is 8.32. The Labute approximate surface area is 145 Å². The Morgan fingerprint density at radius 3 is 2.62 bits per heavy atom. The zero-order chi connectivity index (χ0) is 17.2. The van der Waals surface area contributed by atoms with Crippen LogP contribution in [0.1, 0.15) is 33.1 Å². The van der Waals surface area contributed by atoms with Crippen molar-refractivity contribution in [2.75, 3.05) is 59.1 Å². The van der Waals surface area contributed by atoms with Gasteiger partial charge in [-0.25, -0.2) is 0 Å². The average Bonchev–Trinajstić information content (AvgIpc) is 3.15. The molecule has 0 saturated carbocycles. The number of nitrogens with one attached hydrogen (secondary N) is 1. The highest BCUT2D eigenvalue weighted by Crippen LogP contribution is 2.16. The zero-order valence-corrected chi connectivity index (χ0v) is 15.1. The lowest BCUT2D eigenvalue weighted by Crippen LogP contribution is -2.55. The number of piperazine rings is 1. The average molecular weight is 340 g/mol. The lowest BCUT2D eigenvalue weighted by atomic mass is 10.2. The molecule has 2 aliphatic rings. The first-order valence-corrected chi connectivity index (χ1v) is 9.27. The molecule has 2 aliphatic heterocycles. The van der Waals surface area contributed by atoms with Gasteiger partial charge < -0.3 is 24.6 Å². The van der Waals surface area contributed by atoms with Crippen LogP contribution >= 0.6 is 0 Å². The Morgan fingerprint density at radius 1 is 1.25 bits per heavy atom. The third-order valence-corrected chi connectivity index (χ3v) is 4.34. The SMILES string of the molecule is CCNC(=NCCCOCC)N1CCN(C(=O)C2CCCO2)CC1. The van der Waals surface area contributed by atoms with E-state index in [-0.39, 0.29) is 12.0 Å². The van der Waals surface area contributed by atoms with Crippen molar-refractivity contribution in [2.24, 2.45) is 4.99 Å². The maximum absolute atomic E-state index is 12.4. The summed E-state index contributed by atoms with van der Waals surface area (Å²) in [7, 11) is 0. The van der Waals surface area contributed by atoms with Crippen LogP contribution in [0.4, 0.5) is 0 Å². The van der Waals surface area contributed by atoms with Crippen LogP contribution in [-0.4, -0.2) is 86.9 Å². The number of carbonyl (C=O) groups is 1. The van der Waals surface area contributed by atoms with Gasteiger partial charge in [0.25, 0.3) is 5.91 Å². The molecule has 7 heteroatoms. The summed E-state index contributed by atoms with van der Waals surface area (Å²) in [6, 6.07) is 0. The third-order valence-electron chi connectivity index (χ3n) is 4.34. The summed E-state index contributed by atoms with van der Waals surface area (Å²) >= 11 is 0. The second kappa shape index (κ2) is 10.5. The van der Waals surface area contributed by atoms with Crippen LogP contribution in [0.5, 0.6) is 0 Å². The first-order valence-electron chi connectivity index (χ1n) is 9.27. The van der Waals surface area contributed by atoms with Crippen LogP contribution in [0.3, 0.4) is 0 Å². The summed E-state index contributed by atoms with van der Waals surface area (Å²) < 4.78 is 10.9. The van der Waals surface area contributed by atoms with Crippen molar-refractivity contribution in [3.8, 4) is 0 Å². The van der Waals surface area contributed by atoms with E-state index in [0.29, 0.717) is 0 Å². The van der Waals surface area contributed by atoms with Crippen molar-refractivity contribution < 1.29 is 14.3 Å². The lowest BCUT2D eigenvalue weighted by molar-refractivity contribution is -0.142. The van der Waals surface area contributed by atoms with E-state index in [2.05, 4.69) is 22.1 Å². The van der Waals surface area contributed by atoms with E-state index in [1.807, 2.05) is 11.8 Å². The van der Waals surface area contributed by atoms with E-state index in [9.17, 15) is 4.79 Å². The van der Waals surface area contributed by atoms with Crippen LogP contribution in [-0.2, 0) is 14.3 Å². The second-order valence-electron chi connectivity index (χ2n) is 6.10. The normalized spacial score (nSPS) is 22.1. The second-order valence-corrected chi connectivity index (χ2v) is 6.10. The third kappa shape index (κ3) is 5.63. The molecule has 0 spiro atoms. The van der Waals surface area contributed by atoms with Gasteiger partial charge in [-0.3, -0.25) is 9.79 Å². The van der Waals surface area contributed by atoms with Gasteiger partial charge in [0.1, 0.15) is 6.10 Å². The van der Waals surface area contributed by atoms with Gasteiger partial charge in [0.2, 0.25) is 0 Å². The van der Waals surface area contributed by atoms with Crippen LogP contribution < -0.4 is 5.32 Å². The van der Waals surface area contributed by atoms with Crippen molar-refractivity contribution in [1.29, 1.82) is 0 Å². The monoisotopic (exact) mass is 340 g/mol. The first-order chi connectivity index (χ1) is 11.8. The Morgan fingerprint density at radius 2 is 2.00 bits per heavy atom. The minimum atomic E-state index is -0.211. The number of amides is 1. The molecule has 1 unspecified atom stereocenters. The van der Waals surface area contributed by atoms with E-state index in [0.717, 1.165) is 84.3 Å². The van der Waals surface area contributed by atoms with Crippen molar-refractivity contribution in [3.63, 3.8) is 0 Å². The predicted molar refractivity (Wildman–Crippen MR) is 94.2 cm³/mol. The number of nitrogens with zero attached hydrogens (tertiary/aromatic N) is 3. The minimum absolute atomic E-state index is 0.158. The highest BCUT2D eigenvalue weighted by atomic mass is 16.5. The van der Waals surface area contributed by atoms with Gasteiger partial charge in [-0.15, -0.1) is 0 Å². The van der Waals surface area contributed by atoms with Crippen molar-refractivity contribution in [3.05, 3.63) is 0 Å². The molecule has 1 amide bonds. The fraction of sp³-hybridized carbons (Fsp3) is 0.882. The van der Waals surface area contributed by atoms with Gasteiger partial charge in [-0.05, 0) is 33.1 Å². The molecule has 138 valence electrons. The molecule has 24 heavy (non-hydrogen) atoms. The molecule has 7 nitrogen and oxygen atoms in total. The number of hydrogen-bond donors (Lipinski definition) is 1. The maximum Gasteiger partial charge on any atom is 0.251 e. The molecule has 1 atom stereocenters. The van der Waals surface area contributed by atoms with Gasteiger partial charge in [-0.1, -0.05) is 0 Å². The molecule has 2 saturated heterocycles. The van der Waals surface area contributed by atoms with Gasteiger partial charge in [0, 0.05) is 59.1 Å². The van der Waals surface area contributed by atoms with Crippen LogP contribution in [0.2, 0.25) is 0 Å². The van der Waals surface area contributed by atoms with E-state index >= 15 is 0 Å². The van der Waals surface area contributed by atoms with Crippen LogP contribution in [0.15, 0.2) is 4.99 Å². The molecule has 1 N–H and O–H groups in total. The summed E-state index contributed by atoms with van der Waals surface area (Å²) in [6.45, 7) is 11.0. The summed E-state index contributed by atoms with van der Waals surface area (Å²) in [5.41, 5.74) is 0. The summed E-state index contributed by atoms with van der Waals surface area (Å²) in [4.78, 5) is 21.3. The number of carbonyl (C=O) groups excluding carboxylic acids is 1. The maximum atomic E-state index is 12.4. The van der Waals surface area contributed by atoms with Crippen LogP contribution in [0, 0.1) is 0 Å². The van der Waals surface area contributed by atoms with Crippen molar-refractivity contribution in [1.82, 2.24) is 15.1 Å². The fourth-order valence-electron chi connectivity index (χ4n) is 3.04. The first kappa shape index (κ1) is 19.0. The van der Waals surface area contributed by atoms with Crippen molar-refractivity contribution in [2.45, 2.75) is 39.2 Å². The lowest BCUT2D eigenvalue weighted by Gasteiger charge is -2.37. The minimum Gasteiger partial charge on any atom is -0.382 e. The topological polar surface area (TPSA) is 66.4 Å². The van der Waals surface area contributed by atoms with Gasteiger partial charge in [0.15, 0.2) is 5.96 Å². The molecule has 0 radical (unpaired) electrons. The predicted octanol–water partition coefficient (Wildman–Crippen LogP) is 0.702.